The van der Waals surface area contributed by atoms with Gasteiger partial charge in [0.05, 0.1) is 12.2 Å². The summed E-state index contributed by atoms with van der Waals surface area (Å²) in [5.41, 5.74) is 2.55. The van der Waals surface area contributed by atoms with Crippen LogP contribution in [0, 0.1) is 6.92 Å². The second-order valence-electron chi connectivity index (χ2n) is 11.9. The number of nitrogens with zero attached hydrogens (tertiary/aromatic N) is 3. The highest BCUT2D eigenvalue weighted by Crippen LogP contribution is 2.36. The van der Waals surface area contributed by atoms with E-state index in [0.717, 1.165) is 56.1 Å². The molecule has 1 aromatic heterocycles. The van der Waals surface area contributed by atoms with E-state index in [1.165, 1.54) is 5.56 Å². The highest BCUT2D eigenvalue weighted by atomic mass is 28.4. The summed E-state index contributed by atoms with van der Waals surface area (Å²) in [4.78, 5) is 17.6. The van der Waals surface area contributed by atoms with Crippen LogP contribution < -0.4 is 0 Å². The minimum atomic E-state index is -1.71. The van der Waals surface area contributed by atoms with E-state index in [-0.39, 0.29) is 11.1 Å². The molecule has 0 unspecified atom stereocenters. The van der Waals surface area contributed by atoms with Gasteiger partial charge in [-0.15, -0.1) is 0 Å². The highest BCUT2D eigenvalue weighted by molar-refractivity contribution is 6.74. The summed E-state index contributed by atoms with van der Waals surface area (Å²) >= 11 is 0. The molecular formula is C26H43N3O3Si. The summed E-state index contributed by atoms with van der Waals surface area (Å²) in [7, 11) is -1.71. The van der Waals surface area contributed by atoms with Crippen molar-refractivity contribution in [2.45, 2.75) is 78.7 Å². The first-order valence-electron chi connectivity index (χ1n) is 12.1. The van der Waals surface area contributed by atoms with Crippen LogP contribution in [0.15, 0.2) is 24.3 Å². The lowest BCUT2D eigenvalue weighted by Gasteiger charge is -2.40. The number of aryl methyl sites for hydroxylation is 1. The van der Waals surface area contributed by atoms with Crippen molar-refractivity contribution in [3.8, 4) is 0 Å². The van der Waals surface area contributed by atoms with Crippen molar-refractivity contribution in [1.29, 1.82) is 0 Å². The molecule has 7 heteroatoms. The summed E-state index contributed by atoms with van der Waals surface area (Å²) < 4.78 is 13.7. The Morgan fingerprint density at radius 1 is 0.970 bits per heavy atom. The van der Waals surface area contributed by atoms with E-state index in [4.69, 9.17) is 9.16 Å². The normalized spacial score (nSPS) is 17.0. The first kappa shape index (κ1) is 25.9. The molecule has 0 amide bonds. The molecule has 0 aliphatic carbocycles. The Labute approximate surface area is 201 Å². The van der Waals surface area contributed by atoms with Crippen LogP contribution in [-0.2, 0) is 15.7 Å². The van der Waals surface area contributed by atoms with Gasteiger partial charge in [-0.05, 0) is 69.6 Å². The van der Waals surface area contributed by atoms with Crippen molar-refractivity contribution in [2.75, 3.05) is 32.9 Å². The van der Waals surface area contributed by atoms with E-state index >= 15 is 0 Å². The van der Waals surface area contributed by atoms with Crippen molar-refractivity contribution in [1.82, 2.24) is 14.4 Å². The average molecular weight is 474 g/mol. The zero-order valence-electron chi connectivity index (χ0n) is 22.1. The molecule has 1 aliphatic rings. The standard InChI is InChI=1S/C26H43N3O3Si/c1-20-16-22-17-21(10-11-23(22)29(20)24(30)32-25(2,3)4)18-27-12-14-28(15-13-27)19-31-33(8,9)26(5,6)7/h10-11,16-17H,12-15,18-19H2,1-9H3. The molecule has 1 saturated heterocycles. The number of hydrogen-bond acceptors (Lipinski definition) is 5. The van der Waals surface area contributed by atoms with Crippen LogP contribution in [0.25, 0.3) is 10.9 Å². The fourth-order valence-electron chi connectivity index (χ4n) is 3.85. The number of rotatable bonds is 5. The number of piperazine rings is 1. The molecule has 0 N–H and O–H groups in total. The number of carbonyl (C=O) groups excluding carboxylic acids is 1. The molecular weight excluding hydrogens is 430 g/mol. The van der Waals surface area contributed by atoms with Gasteiger partial charge < -0.3 is 9.16 Å². The van der Waals surface area contributed by atoms with Gasteiger partial charge >= 0.3 is 6.09 Å². The Bertz CT molecular complexity index is 977. The summed E-state index contributed by atoms with van der Waals surface area (Å²) in [6, 6.07) is 8.45. The predicted molar refractivity (Wildman–Crippen MR) is 138 cm³/mol. The van der Waals surface area contributed by atoms with Gasteiger partial charge in [-0.2, -0.15) is 0 Å². The molecule has 184 valence electrons. The molecule has 0 saturated carbocycles. The van der Waals surface area contributed by atoms with Crippen LogP contribution in [0.4, 0.5) is 4.79 Å². The Morgan fingerprint density at radius 3 is 2.15 bits per heavy atom. The van der Waals surface area contributed by atoms with E-state index in [0.29, 0.717) is 0 Å². The molecule has 0 bridgehead atoms. The minimum absolute atomic E-state index is 0.244. The Balaban J connectivity index is 1.58. The van der Waals surface area contributed by atoms with Crippen molar-refractivity contribution in [3.63, 3.8) is 0 Å². The van der Waals surface area contributed by atoms with Crippen LogP contribution in [0.3, 0.4) is 0 Å². The fraction of sp³-hybridized carbons (Fsp3) is 0.654. The minimum Gasteiger partial charge on any atom is -0.443 e. The number of aromatic nitrogens is 1. The smallest absolute Gasteiger partial charge is 0.419 e. The van der Waals surface area contributed by atoms with E-state index in [2.05, 4.69) is 61.9 Å². The van der Waals surface area contributed by atoms with Gasteiger partial charge in [0.15, 0.2) is 8.32 Å². The van der Waals surface area contributed by atoms with Crippen LogP contribution in [-0.4, -0.2) is 67.3 Å². The third kappa shape index (κ3) is 6.47. The molecule has 2 aromatic rings. The molecule has 3 rings (SSSR count). The number of fused-ring (bicyclic) bond motifs is 1. The van der Waals surface area contributed by atoms with E-state index in [1.54, 1.807) is 4.57 Å². The first-order valence-corrected chi connectivity index (χ1v) is 15.0. The summed E-state index contributed by atoms with van der Waals surface area (Å²) in [5.74, 6) is 0. The first-order chi connectivity index (χ1) is 15.2. The Kier molecular flexibility index (Phi) is 7.49. The Hall–Kier alpha value is -1.67. The second kappa shape index (κ2) is 9.53. The lowest BCUT2D eigenvalue weighted by atomic mass is 10.1. The van der Waals surface area contributed by atoms with Crippen LogP contribution >= 0.6 is 0 Å². The van der Waals surface area contributed by atoms with Gasteiger partial charge in [-0.25, -0.2) is 9.36 Å². The Morgan fingerprint density at radius 2 is 1.58 bits per heavy atom. The van der Waals surface area contributed by atoms with Crippen LogP contribution in [0.2, 0.25) is 18.1 Å². The molecule has 0 radical (unpaired) electrons. The lowest BCUT2D eigenvalue weighted by molar-refractivity contribution is 0.0541. The predicted octanol–water partition coefficient (Wildman–Crippen LogP) is 5.83. The van der Waals surface area contributed by atoms with Gasteiger partial charge in [0.25, 0.3) is 0 Å². The highest BCUT2D eigenvalue weighted by Gasteiger charge is 2.37. The van der Waals surface area contributed by atoms with Crippen molar-refractivity contribution in [2.24, 2.45) is 0 Å². The maximum atomic E-state index is 12.7. The third-order valence-electron chi connectivity index (χ3n) is 6.91. The SMILES string of the molecule is Cc1cc2cc(CN3CCN(CO[Si](C)(C)C(C)(C)C)CC3)ccc2n1C(=O)OC(C)(C)C. The van der Waals surface area contributed by atoms with Crippen LogP contribution in [0.5, 0.6) is 0 Å². The molecule has 2 heterocycles. The van der Waals surface area contributed by atoms with Gasteiger partial charge in [0.1, 0.15) is 5.60 Å². The topological polar surface area (TPSA) is 46.9 Å². The van der Waals surface area contributed by atoms with Crippen molar-refractivity contribution < 1.29 is 14.0 Å². The maximum Gasteiger partial charge on any atom is 0.419 e. The third-order valence-corrected chi connectivity index (χ3v) is 11.4. The molecule has 1 aliphatic heterocycles. The van der Waals surface area contributed by atoms with Crippen LogP contribution in [0.1, 0.15) is 52.8 Å². The van der Waals surface area contributed by atoms with Gasteiger partial charge in [-0.1, -0.05) is 26.8 Å². The second-order valence-corrected chi connectivity index (χ2v) is 16.7. The number of benzene rings is 1. The summed E-state index contributed by atoms with van der Waals surface area (Å²) in [6.07, 6.45) is -0.321. The zero-order chi connectivity index (χ0) is 24.6. The average Bonchev–Trinajstić information content (AvgIpc) is 3.00. The monoisotopic (exact) mass is 473 g/mol. The van der Waals surface area contributed by atoms with Gasteiger partial charge in [0.2, 0.25) is 0 Å². The molecule has 1 fully saturated rings. The number of ether oxygens (including phenoxy) is 1. The lowest BCUT2D eigenvalue weighted by Crippen LogP contribution is -2.50. The molecule has 33 heavy (non-hydrogen) atoms. The largest absolute Gasteiger partial charge is 0.443 e. The number of carbonyl (C=O) groups is 1. The van der Waals surface area contributed by atoms with Crippen molar-refractivity contribution >= 4 is 25.3 Å². The zero-order valence-corrected chi connectivity index (χ0v) is 23.1. The maximum absolute atomic E-state index is 12.7. The molecule has 0 atom stereocenters. The van der Waals surface area contributed by atoms with Gasteiger partial charge in [-0.3, -0.25) is 9.80 Å². The summed E-state index contributed by atoms with van der Waals surface area (Å²) in [6.45, 7) is 24.9. The molecule has 0 spiro atoms. The molecule has 1 aromatic carbocycles. The van der Waals surface area contributed by atoms with Gasteiger partial charge in [0, 0.05) is 43.8 Å². The van der Waals surface area contributed by atoms with E-state index < -0.39 is 13.9 Å². The quantitative estimate of drug-likeness (QED) is 0.511. The summed E-state index contributed by atoms with van der Waals surface area (Å²) in [5, 5.41) is 1.33. The fourth-order valence-corrected chi connectivity index (χ4v) is 4.79. The number of hydrogen-bond donors (Lipinski definition) is 0. The molecule has 6 nitrogen and oxygen atoms in total. The van der Waals surface area contributed by atoms with Crippen molar-refractivity contribution in [3.05, 3.63) is 35.5 Å². The van der Waals surface area contributed by atoms with E-state index in [9.17, 15) is 4.79 Å². The van der Waals surface area contributed by atoms with E-state index in [1.807, 2.05) is 33.8 Å².